The average Bonchev–Trinajstić information content (AvgIpc) is 3.18. The van der Waals surface area contributed by atoms with Crippen LogP contribution in [0.2, 0.25) is 0 Å². The minimum absolute atomic E-state index is 0.263. The van der Waals surface area contributed by atoms with Crippen molar-refractivity contribution in [3.8, 4) is 0 Å². The van der Waals surface area contributed by atoms with Crippen LogP contribution in [0.5, 0.6) is 0 Å². The van der Waals surface area contributed by atoms with E-state index < -0.39 is 5.79 Å². The molecule has 5 heteroatoms. The molecule has 0 saturated carbocycles. The highest BCUT2D eigenvalue weighted by Crippen LogP contribution is 2.32. The largest absolute Gasteiger partial charge is 0.457 e. The molecule has 0 radical (unpaired) electrons. The third kappa shape index (κ3) is 2.86. The zero-order valence-electron chi connectivity index (χ0n) is 14.4. The fourth-order valence-corrected chi connectivity index (χ4v) is 3.58. The van der Waals surface area contributed by atoms with Crippen LogP contribution in [0.3, 0.4) is 0 Å². The predicted octanol–water partition coefficient (Wildman–Crippen LogP) is 3.52. The number of hydrogen-bond donors (Lipinski definition) is 0. The third-order valence-corrected chi connectivity index (χ3v) is 4.80. The van der Waals surface area contributed by atoms with E-state index in [2.05, 4.69) is 0 Å². The van der Waals surface area contributed by atoms with E-state index in [1.807, 2.05) is 37.3 Å². The lowest BCUT2D eigenvalue weighted by atomic mass is 9.97. The highest BCUT2D eigenvalue weighted by atomic mass is 16.7. The number of imide groups is 1. The number of carbonyl (C=O) groups is 2. The molecule has 0 saturated heterocycles. The second-order valence-corrected chi connectivity index (χ2v) is 6.72. The van der Waals surface area contributed by atoms with Crippen LogP contribution in [0.25, 0.3) is 0 Å². The monoisotopic (exact) mass is 349 g/mol. The van der Waals surface area contributed by atoms with Crippen LogP contribution in [-0.4, -0.2) is 28.5 Å². The number of nitrogens with zero attached hydrogens (tertiary/aromatic N) is 1. The van der Waals surface area contributed by atoms with Crippen LogP contribution in [0.4, 0.5) is 0 Å². The average molecular weight is 349 g/mol. The molecule has 0 aliphatic carbocycles. The summed E-state index contributed by atoms with van der Waals surface area (Å²) in [5.41, 5.74) is 1.95. The molecule has 2 aliphatic rings. The first-order valence-corrected chi connectivity index (χ1v) is 8.59. The summed E-state index contributed by atoms with van der Waals surface area (Å²) >= 11 is 0. The van der Waals surface area contributed by atoms with Gasteiger partial charge in [-0.1, -0.05) is 42.5 Å². The van der Waals surface area contributed by atoms with Gasteiger partial charge in [-0.2, -0.15) is 0 Å². The SMILES string of the molecule is CC1(CC(Cc2ccccc2)N2C(=O)c3ccccc3C2=O)OC=CO1. The van der Waals surface area contributed by atoms with Crippen molar-refractivity contribution in [3.05, 3.63) is 83.8 Å². The van der Waals surface area contributed by atoms with Crippen LogP contribution in [-0.2, 0) is 15.9 Å². The molecule has 2 aromatic rings. The Bertz CT molecular complexity index is 832. The quantitative estimate of drug-likeness (QED) is 0.775. The fraction of sp³-hybridized carbons (Fsp3) is 0.238. The molecule has 4 rings (SSSR count). The van der Waals surface area contributed by atoms with Gasteiger partial charge in [0.05, 0.1) is 17.2 Å². The van der Waals surface area contributed by atoms with E-state index in [4.69, 9.17) is 9.47 Å². The topological polar surface area (TPSA) is 55.8 Å². The molecular formula is C21H19NO4. The van der Waals surface area contributed by atoms with Gasteiger partial charge in [-0.3, -0.25) is 14.5 Å². The number of hydrogen-bond acceptors (Lipinski definition) is 4. The molecule has 2 heterocycles. The number of rotatable bonds is 5. The highest BCUT2D eigenvalue weighted by molar-refractivity contribution is 6.21. The normalized spacial score (nSPS) is 18.4. The standard InChI is InChI=1S/C21H19NO4/c1-21(25-11-12-26-21)14-16(13-15-7-3-2-4-8-15)22-19(23)17-9-5-6-10-18(17)20(22)24/h2-12,16H,13-14H2,1H3. The Kier molecular flexibility index (Phi) is 3.99. The van der Waals surface area contributed by atoms with Gasteiger partial charge in [-0.25, -0.2) is 0 Å². The van der Waals surface area contributed by atoms with Crippen molar-refractivity contribution in [1.82, 2.24) is 4.90 Å². The van der Waals surface area contributed by atoms with Gasteiger partial charge in [0.2, 0.25) is 5.79 Å². The maximum Gasteiger partial charge on any atom is 0.261 e. The fourth-order valence-electron chi connectivity index (χ4n) is 3.58. The summed E-state index contributed by atoms with van der Waals surface area (Å²) in [6, 6.07) is 16.4. The Morgan fingerprint density at radius 2 is 1.42 bits per heavy atom. The Labute approximate surface area is 151 Å². The van der Waals surface area contributed by atoms with E-state index in [-0.39, 0.29) is 17.9 Å². The zero-order valence-corrected chi connectivity index (χ0v) is 14.4. The van der Waals surface area contributed by atoms with E-state index in [1.165, 1.54) is 17.4 Å². The molecule has 0 bridgehead atoms. The molecule has 0 fully saturated rings. The smallest absolute Gasteiger partial charge is 0.261 e. The second kappa shape index (κ2) is 6.33. The summed E-state index contributed by atoms with van der Waals surface area (Å²) < 4.78 is 11.1. The van der Waals surface area contributed by atoms with Gasteiger partial charge in [-0.05, 0) is 24.1 Å². The minimum atomic E-state index is -0.894. The van der Waals surface area contributed by atoms with Gasteiger partial charge in [-0.15, -0.1) is 0 Å². The van der Waals surface area contributed by atoms with Crippen LogP contribution >= 0.6 is 0 Å². The van der Waals surface area contributed by atoms with Crippen LogP contribution < -0.4 is 0 Å². The lowest BCUT2D eigenvalue weighted by Gasteiger charge is -2.32. The zero-order chi connectivity index (χ0) is 18.1. The van der Waals surface area contributed by atoms with E-state index >= 15 is 0 Å². The number of ether oxygens (including phenoxy) is 2. The maximum absolute atomic E-state index is 12.9. The van der Waals surface area contributed by atoms with E-state index in [1.54, 1.807) is 24.3 Å². The highest BCUT2D eigenvalue weighted by Gasteiger charge is 2.44. The molecule has 1 unspecified atom stereocenters. The van der Waals surface area contributed by atoms with Crippen molar-refractivity contribution in [2.75, 3.05) is 0 Å². The molecular weight excluding hydrogens is 330 g/mol. The molecule has 0 spiro atoms. The van der Waals surface area contributed by atoms with Crippen molar-refractivity contribution in [3.63, 3.8) is 0 Å². The Hall–Kier alpha value is -3.08. The lowest BCUT2D eigenvalue weighted by Crippen LogP contribution is -2.46. The first-order valence-electron chi connectivity index (χ1n) is 8.59. The van der Waals surface area contributed by atoms with Crippen molar-refractivity contribution in [1.29, 1.82) is 0 Å². The number of fused-ring (bicyclic) bond motifs is 1. The summed E-state index contributed by atoms with van der Waals surface area (Å²) in [4.78, 5) is 27.2. The number of amides is 2. The van der Waals surface area contributed by atoms with Crippen LogP contribution in [0.1, 0.15) is 39.6 Å². The van der Waals surface area contributed by atoms with Gasteiger partial charge in [0.1, 0.15) is 12.5 Å². The first-order chi connectivity index (χ1) is 12.6. The predicted molar refractivity (Wildman–Crippen MR) is 95.2 cm³/mol. The summed E-state index contributed by atoms with van der Waals surface area (Å²) in [6.07, 6.45) is 3.89. The van der Waals surface area contributed by atoms with Crippen molar-refractivity contribution in [2.24, 2.45) is 0 Å². The van der Waals surface area contributed by atoms with Crippen molar-refractivity contribution < 1.29 is 19.1 Å². The molecule has 26 heavy (non-hydrogen) atoms. The summed E-state index contributed by atoms with van der Waals surface area (Å²) in [7, 11) is 0. The molecule has 0 N–H and O–H groups in total. The number of benzene rings is 2. The molecule has 2 aliphatic heterocycles. The van der Waals surface area contributed by atoms with Crippen molar-refractivity contribution in [2.45, 2.75) is 31.6 Å². The first kappa shape index (κ1) is 16.4. The molecule has 5 nitrogen and oxygen atoms in total. The van der Waals surface area contributed by atoms with E-state index in [0.29, 0.717) is 24.0 Å². The molecule has 0 aromatic heterocycles. The van der Waals surface area contributed by atoms with E-state index in [9.17, 15) is 9.59 Å². The Balaban J connectivity index is 1.66. The van der Waals surface area contributed by atoms with Gasteiger partial charge < -0.3 is 9.47 Å². The Morgan fingerprint density at radius 3 is 2.00 bits per heavy atom. The molecule has 132 valence electrons. The van der Waals surface area contributed by atoms with Gasteiger partial charge in [0.15, 0.2) is 0 Å². The van der Waals surface area contributed by atoms with Gasteiger partial charge in [0, 0.05) is 13.3 Å². The Morgan fingerprint density at radius 1 is 0.885 bits per heavy atom. The molecule has 1 atom stereocenters. The molecule has 2 aromatic carbocycles. The van der Waals surface area contributed by atoms with Crippen LogP contribution in [0.15, 0.2) is 67.1 Å². The third-order valence-electron chi connectivity index (χ3n) is 4.80. The van der Waals surface area contributed by atoms with Crippen LogP contribution in [0, 0.1) is 0 Å². The minimum Gasteiger partial charge on any atom is -0.457 e. The lowest BCUT2D eigenvalue weighted by molar-refractivity contribution is -0.138. The van der Waals surface area contributed by atoms with Gasteiger partial charge >= 0.3 is 0 Å². The molecule has 2 amide bonds. The summed E-state index contributed by atoms with van der Waals surface area (Å²) in [6.45, 7) is 1.81. The maximum atomic E-state index is 12.9. The second-order valence-electron chi connectivity index (χ2n) is 6.72. The van der Waals surface area contributed by atoms with Crippen molar-refractivity contribution >= 4 is 11.8 Å². The summed E-state index contributed by atoms with van der Waals surface area (Å²) in [5, 5.41) is 0. The number of carbonyl (C=O) groups excluding carboxylic acids is 2. The van der Waals surface area contributed by atoms with Gasteiger partial charge in [0.25, 0.3) is 11.8 Å². The summed E-state index contributed by atoms with van der Waals surface area (Å²) in [5.74, 6) is -1.42. The van der Waals surface area contributed by atoms with E-state index in [0.717, 1.165) is 5.56 Å².